The van der Waals surface area contributed by atoms with E-state index < -0.39 is 5.41 Å². The van der Waals surface area contributed by atoms with Crippen LogP contribution in [0.5, 0.6) is 11.5 Å². The van der Waals surface area contributed by atoms with Gasteiger partial charge in [-0.1, -0.05) is 97.1 Å². The third-order valence-electron chi connectivity index (χ3n) is 9.72. The minimum atomic E-state index is -0.728. The predicted molar refractivity (Wildman–Crippen MR) is 185 cm³/mol. The molecule has 46 heavy (non-hydrogen) atoms. The lowest BCUT2D eigenvalue weighted by atomic mass is 9.59. The van der Waals surface area contributed by atoms with Crippen LogP contribution >= 0.6 is 0 Å². The third kappa shape index (κ3) is 3.87. The fraction of sp³-hybridized carbons (Fsp3) is 0.0476. The molecular formula is C42H30N2O2. The monoisotopic (exact) mass is 594 g/mol. The second kappa shape index (κ2) is 10.0. The van der Waals surface area contributed by atoms with Crippen molar-refractivity contribution < 1.29 is 10.2 Å². The normalized spacial score (nSPS) is 13.5. The molecule has 1 aliphatic rings. The van der Waals surface area contributed by atoms with Crippen molar-refractivity contribution in [2.24, 2.45) is 0 Å². The maximum atomic E-state index is 11.3. The van der Waals surface area contributed by atoms with E-state index in [0.29, 0.717) is 0 Å². The van der Waals surface area contributed by atoms with Gasteiger partial charge in [-0.25, -0.2) is 0 Å². The first-order valence-electron chi connectivity index (χ1n) is 15.6. The fourth-order valence-electron chi connectivity index (χ4n) is 7.63. The van der Waals surface area contributed by atoms with Gasteiger partial charge in [0.2, 0.25) is 0 Å². The van der Waals surface area contributed by atoms with Gasteiger partial charge in [-0.3, -0.25) is 0 Å². The smallest absolute Gasteiger partial charge is 0.124 e. The second-order valence-corrected chi connectivity index (χ2v) is 12.2. The third-order valence-corrected chi connectivity index (χ3v) is 9.72. The number of fused-ring (bicyclic) bond motifs is 4. The standard InChI is InChI=1S/C42H30N2O2/c45-40-19-17-30(24-32(40)38-22-28-11-3-7-15-36(28)43-38)42(34-13-5-1-9-26(34)21-27-10-2-6-14-35(27)42)31-18-20-41(46)33(25-31)39-23-29-12-4-8-16-37(29)44-39/h1-20,22-25,43-46H,21H2. The topological polar surface area (TPSA) is 72.0 Å². The molecule has 4 heteroatoms. The number of aromatic hydroxyl groups is 2. The van der Waals surface area contributed by atoms with Crippen molar-refractivity contribution in [3.63, 3.8) is 0 Å². The summed E-state index contributed by atoms with van der Waals surface area (Å²) in [5, 5.41) is 24.8. The Labute approximate surface area is 266 Å². The molecule has 1 aliphatic carbocycles. The van der Waals surface area contributed by atoms with Gasteiger partial charge in [0, 0.05) is 32.9 Å². The molecule has 2 heterocycles. The van der Waals surface area contributed by atoms with Crippen LogP contribution < -0.4 is 0 Å². The second-order valence-electron chi connectivity index (χ2n) is 12.2. The molecule has 0 radical (unpaired) electrons. The molecule has 0 unspecified atom stereocenters. The molecule has 9 rings (SSSR count). The van der Waals surface area contributed by atoms with Crippen LogP contribution in [0.2, 0.25) is 0 Å². The fourth-order valence-corrected chi connectivity index (χ4v) is 7.63. The van der Waals surface area contributed by atoms with Crippen molar-refractivity contribution in [1.29, 1.82) is 0 Å². The molecule has 0 saturated heterocycles. The summed E-state index contributed by atoms with van der Waals surface area (Å²) in [6.07, 6.45) is 0.827. The first-order valence-corrected chi connectivity index (χ1v) is 15.6. The van der Waals surface area contributed by atoms with Crippen LogP contribution in [-0.2, 0) is 11.8 Å². The van der Waals surface area contributed by atoms with E-state index >= 15 is 0 Å². The van der Waals surface area contributed by atoms with Crippen molar-refractivity contribution in [1.82, 2.24) is 9.97 Å². The summed E-state index contributed by atoms with van der Waals surface area (Å²) in [7, 11) is 0. The number of phenols is 2. The van der Waals surface area contributed by atoms with Gasteiger partial charge in [-0.2, -0.15) is 0 Å². The van der Waals surface area contributed by atoms with E-state index in [1.807, 2.05) is 36.4 Å². The highest BCUT2D eigenvalue weighted by atomic mass is 16.3. The van der Waals surface area contributed by atoms with E-state index in [1.165, 1.54) is 22.3 Å². The summed E-state index contributed by atoms with van der Waals surface area (Å²) in [4.78, 5) is 7.05. The van der Waals surface area contributed by atoms with Gasteiger partial charge < -0.3 is 20.2 Å². The number of H-pyrrole nitrogens is 2. The van der Waals surface area contributed by atoms with E-state index in [1.54, 1.807) is 0 Å². The minimum absolute atomic E-state index is 0.215. The molecule has 8 aromatic rings. The summed E-state index contributed by atoms with van der Waals surface area (Å²) in [6, 6.07) is 49.9. The van der Waals surface area contributed by atoms with Gasteiger partial charge in [0.05, 0.1) is 16.8 Å². The predicted octanol–water partition coefficient (Wildman–Crippen LogP) is 9.68. The maximum Gasteiger partial charge on any atom is 0.124 e. The highest BCUT2D eigenvalue weighted by molar-refractivity contribution is 5.89. The molecule has 2 aromatic heterocycles. The van der Waals surface area contributed by atoms with Crippen LogP contribution in [0.25, 0.3) is 44.3 Å². The molecule has 6 aromatic carbocycles. The summed E-state index contributed by atoms with van der Waals surface area (Å²) < 4.78 is 0. The Morgan fingerprint density at radius 1 is 0.457 bits per heavy atom. The summed E-state index contributed by atoms with van der Waals surface area (Å²) in [5.74, 6) is 0.430. The molecule has 0 aliphatic heterocycles. The van der Waals surface area contributed by atoms with Crippen LogP contribution in [-0.4, -0.2) is 20.2 Å². The van der Waals surface area contributed by atoms with Gasteiger partial charge in [0.15, 0.2) is 0 Å². The molecule has 4 nitrogen and oxygen atoms in total. The molecule has 4 N–H and O–H groups in total. The SMILES string of the molecule is Oc1ccc(C2(c3ccc(O)c(-c4cc5ccccc5[nH]4)c3)c3ccccc3Cc3ccccc32)cc1-c1cc2ccccc2[nH]1. The largest absolute Gasteiger partial charge is 0.507 e. The van der Waals surface area contributed by atoms with Gasteiger partial charge in [0.1, 0.15) is 11.5 Å². The van der Waals surface area contributed by atoms with Crippen LogP contribution in [0.15, 0.2) is 146 Å². The lowest BCUT2D eigenvalue weighted by Crippen LogP contribution is -2.36. The van der Waals surface area contributed by atoms with Crippen molar-refractivity contribution in [3.8, 4) is 34.0 Å². The summed E-state index contributed by atoms with van der Waals surface area (Å²) in [6.45, 7) is 0. The Kier molecular flexibility index (Phi) is 5.75. The number of para-hydroxylation sites is 2. The van der Waals surface area contributed by atoms with Crippen molar-refractivity contribution in [2.45, 2.75) is 11.8 Å². The maximum absolute atomic E-state index is 11.3. The highest BCUT2D eigenvalue weighted by Gasteiger charge is 2.44. The van der Waals surface area contributed by atoms with E-state index in [4.69, 9.17) is 0 Å². The average Bonchev–Trinajstić information content (AvgIpc) is 3.72. The number of benzene rings is 6. The van der Waals surface area contributed by atoms with Crippen molar-refractivity contribution >= 4 is 21.8 Å². The molecule has 0 fully saturated rings. The van der Waals surface area contributed by atoms with E-state index in [-0.39, 0.29) is 11.5 Å². The van der Waals surface area contributed by atoms with Crippen LogP contribution in [0.1, 0.15) is 33.4 Å². The Morgan fingerprint density at radius 2 is 0.891 bits per heavy atom. The molecular weight excluding hydrogens is 564 g/mol. The van der Waals surface area contributed by atoms with Gasteiger partial charge in [-0.05, 0) is 88.3 Å². The molecule has 0 saturated carbocycles. The lowest BCUT2D eigenvalue weighted by Gasteiger charge is -2.42. The van der Waals surface area contributed by atoms with E-state index in [2.05, 4.69) is 119 Å². The van der Waals surface area contributed by atoms with Gasteiger partial charge in [0.25, 0.3) is 0 Å². The number of aromatic amines is 2. The first-order chi connectivity index (χ1) is 22.6. The minimum Gasteiger partial charge on any atom is -0.507 e. The lowest BCUT2D eigenvalue weighted by molar-refractivity contribution is 0.476. The number of hydrogen-bond acceptors (Lipinski definition) is 2. The van der Waals surface area contributed by atoms with E-state index in [9.17, 15) is 10.2 Å². The quantitative estimate of drug-likeness (QED) is 0.164. The number of aromatic nitrogens is 2. The zero-order valence-corrected chi connectivity index (χ0v) is 25.0. The molecule has 0 amide bonds. The number of phenolic OH excluding ortho intramolecular Hbond substituents is 2. The Morgan fingerprint density at radius 3 is 1.37 bits per heavy atom. The average molecular weight is 595 g/mol. The summed E-state index contributed by atoms with van der Waals surface area (Å²) in [5.41, 5.74) is 11.5. The van der Waals surface area contributed by atoms with Crippen LogP contribution in [0.3, 0.4) is 0 Å². The first kappa shape index (κ1) is 26.4. The molecule has 0 spiro atoms. The zero-order valence-electron chi connectivity index (χ0n) is 25.0. The number of nitrogens with one attached hydrogen (secondary N) is 2. The molecule has 0 atom stereocenters. The Bertz CT molecular complexity index is 2210. The molecule has 220 valence electrons. The van der Waals surface area contributed by atoms with E-state index in [0.717, 1.165) is 61.9 Å². The summed E-state index contributed by atoms with van der Waals surface area (Å²) >= 11 is 0. The van der Waals surface area contributed by atoms with Gasteiger partial charge >= 0.3 is 0 Å². The number of hydrogen-bond donors (Lipinski definition) is 4. The van der Waals surface area contributed by atoms with Crippen LogP contribution in [0.4, 0.5) is 0 Å². The van der Waals surface area contributed by atoms with Crippen LogP contribution in [0, 0.1) is 0 Å². The van der Waals surface area contributed by atoms with Crippen molar-refractivity contribution in [2.75, 3.05) is 0 Å². The zero-order chi connectivity index (χ0) is 30.8. The van der Waals surface area contributed by atoms with Crippen molar-refractivity contribution in [3.05, 3.63) is 179 Å². The van der Waals surface area contributed by atoms with Gasteiger partial charge in [-0.15, -0.1) is 0 Å². The molecule has 0 bridgehead atoms. The number of rotatable bonds is 4. The Hall–Kier alpha value is -6.00. The highest BCUT2D eigenvalue weighted by Crippen LogP contribution is 2.53. The Balaban J connectivity index is 1.36.